The van der Waals surface area contributed by atoms with Crippen LogP contribution in [0.5, 0.6) is 0 Å². The molecule has 0 spiro atoms. The third-order valence-corrected chi connectivity index (χ3v) is 3.33. The molecule has 0 unspecified atom stereocenters. The Labute approximate surface area is 148 Å². The molecule has 0 aliphatic carbocycles. The van der Waals surface area contributed by atoms with Gasteiger partial charge in [0.15, 0.2) is 0 Å². The highest BCUT2D eigenvalue weighted by Crippen LogP contribution is 2.28. The Balaban J connectivity index is 3.31. The van der Waals surface area contributed by atoms with Gasteiger partial charge in [-0.25, -0.2) is 9.88 Å². The quantitative estimate of drug-likeness (QED) is 0.604. The summed E-state index contributed by atoms with van der Waals surface area (Å²) in [5.74, 6) is -0.586. The molecule has 0 N–H and O–H groups in total. The second-order valence-electron chi connectivity index (χ2n) is 8.63. The van der Waals surface area contributed by atoms with Crippen LogP contribution < -0.4 is 4.90 Å². The maximum Gasteiger partial charge on any atom is 0.290 e. The topological polar surface area (TPSA) is 93.4 Å². The zero-order valence-corrected chi connectivity index (χ0v) is 16.0. The summed E-state index contributed by atoms with van der Waals surface area (Å²) in [5, 5.41) is 11.0. The van der Waals surface area contributed by atoms with E-state index in [0.29, 0.717) is 0 Å². The molecule has 0 bridgehead atoms. The Morgan fingerprint density at radius 3 is 1.80 bits per heavy atom. The Morgan fingerprint density at radius 2 is 1.48 bits per heavy atom. The van der Waals surface area contributed by atoms with Gasteiger partial charge in [0.2, 0.25) is 11.8 Å². The van der Waals surface area contributed by atoms with E-state index < -0.39 is 4.92 Å². The number of nitro groups is 1. The second kappa shape index (κ2) is 7.29. The standard InChI is InChI=1S/C18H27N3O4/c1-12-13(21(24)25)8-9-14(19-12)20(15(22)10-17(2,3)4)16(23)11-18(5,6)7/h8-9H,10-11H2,1-7H3. The van der Waals surface area contributed by atoms with Crippen LogP contribution in [0.25, 0.3) is 0 Å². The molecule has 0 saturated heterocycles. The number of anilines is 1. The first-order valence-electron chi connectivity index (χ1n) is 8.19. The van der Waals surface area contributed by atoms with Crippen molar-refractivity contribution in [2.24, 2.45) is 10.8 Å². The first-order chi connectivity index (χ1) is 11.2. The molecule has 0 atom stereocenters. The van der Waals surface area contributed by atoms with E-state index in [4.69, 9.17) is 0 Å². The van der Waals surface area contributed by atoms with Gasteiger partial charge in [-0.3, -0.25) is 19.7 Å². The molecule has 0 aliphatic rings. The number of aromatic nitrogens is 1. The van der Waals surface area contributed by atoms with Crippen molar-refractivity contribution in [3.05, 3.63) is 27.9 Å². The van der Waals surface area contributed by atoms with Crippen molar-refractivity contribution >= 4 is 23.3 Å². The number of aryl methyl sites for hydroxylation is 1. The van der Waals surface area contributed by atoms with Crippen molar-refractivity contribution in [1.82, 2.24) is 4.98 Å². The summed E-state index contributed by atoms with van der Waals surface area (Å²) in [6.07, 6.45) is 0.335. The number of amides is 2. The predicted molar refractivity (Wildman–Crippen MR) is 96.3 cm³/mol. The number of hydrogen-bond donors (Lipinski definition) is 0. The van der Waals surface area contributed by atoms with E-state index in [1.807, 2.05) is 41.5 Å². The number of nitrogens with zero attached hydrogens (tertiary/aromatic N) is 3. The maximum absolute atomic E-state index is 12.7. The van der Waals surface area contributed by atoms with E-state index in [0.717, 1.165) is 4.90 Å². The molecule has 1 aromatic heterocycles. The van der Waals surface area contributed by atoms with Gasteiger partial charge in [0.05, 0.1) is 4.92 Å². The Hall–Kier alpha value is -2.31. The lowest BCUT2D eigenvalue weighted by Gasteiger charge is -2.27. The van der Waals surface area contributed by atoms with Crippen LogP contribution in [0.3, 0.4) is 0 Å². The molecule has 0 aliphatic heterocycles. The number of rotatable bonds is 4. The summed E-state index contributed by atoms with van der Waals surface area (Å²) >= 11 is 0. The van der Waals surface area contributed by atoms with Crippen molar-refractivity contribution in [1.29, 1.82) is 0 Å². The lowest BCUT2D eigenvalue weighted by molar-refractivity contribution is -0.385. The Morgan fingerprint density at radius 1 is 1.04 bits per heavy atom. The summed E-state index contributed by atoms with van der Waals surface area (Å²) in [6, 6.07) is 2.63. The number of carbonyl (C=O) groups is 2. The van der Waals surface area contributed by atoms with Gasteiger partial charge in [0.1, 0.15) is 11.5 Å². The van der Waals surface area contributed by atoms with Gasteiger partial charge in [-0.15, -0.1) is 0 Å². The molecule has 0 fully saturated rings. The van der Waals surface area contributed by atoms with Gasteiger partial charge >= 0.3 is 0 Å². The first-order valence-corrected chi connectivity index (χ1v) is 8.19. The molecule has 0 aromatic carbocycles. The van der Waals surface area contributed by atoms with Crippen LogP contribution >= 0.6 is 0 Å². The van der Waals surface area contributed by atoms with Gasteiger partial charge in [0.25, 0.3) is 5.69 Å². The molecule has 7 heteroatoms. The second-order valence-corrected chi connectivity index (χ2v) is 8.63. The van der Waals surface area contributed by atoms with E-state index in [1.165, 1.54) is 19.1 Å². The fraction of sp³-hybridized carbons (Fsp3) is 0.611. The van der Waals surface area contributed by atoms with Gasteiger partial charge in [-0.05, 0) is 23.8 Å². The van der Waals surface area contributed by atoms with Gasteiger partial charge in [0, 0.05) is 18.9 Å². The summed E-state index contributed by atoms with van der Waals surface area (Å²) in [5.41, 5.74) is -0.574. The molecule has 1 rings (SSSR count). The SMILES string of the molecule is Cc1nc(N(C(=O)CC(C)(C)C)C(=O)CC(C)(C)C)ccc1[N+](=O)[O-]. The molecule has 138 valence electrons. The Kier molecular flexibility index (Phi) is 6.05. The average Bonchev–Trinajstić information content (AvgIpc) is 2.33. The molecular formula is C18H27N3O4. The van der Waals surface area contributed by atoms with Gasteiger partial charge < -0.3 is 0 Å². The molecular weight excluding hydrogens is 322 g/mol. The molecule has 1 heterocycles. The molecule has 0 saturated carbocycles. The van der Waals surface area contributed by atoms with Gasteiger partial charge in [-0.1, -0.05) is 41.5 Å². The lowest BCUT2D eigenvalue weighted by Crippen LogP contribution is -2.41. The molecule has 25 heavy (non-hydrogen) atoms. The summed E-state index contributed by atoms with van der Waals surface area (Å²) in [4.78, 5) is 41.1. The number of imide groups is 1. The van der Waals surface area contributed by atoms with Crippen LogP contribution in [-0.4, -0.2) is 21.7 Å². The fourth-order valence-corrected chi connectivity index (χ4v) is 2.32. The van der Waals surface area contributed by atoms with E-state index in [9.17, 15) is 19.7 Å². The number of hydrogen-bond acceptors (Lipinski definition) is 5. The average molecular weight is 349 g/mol. The first kappa shape index (κ1) is 20.7. The zero-order valence-electron chi connectivity index (χ0n) is 16.0. The van der Waals surface area contributed by atoms with Crippen molar-refractivity contribution in [2.45, 2.75) is 61.3 Å². The monoisotopic (exact) mass is 349 g/mol. The number of pyridine rings is 1. The van der Waals surface area contributed by atoms with Crippen molar-refractivity contribution in [3.63, 3.8) is 0 Å². The van der Waals surface area contributed by atoms with Crippen LogP contribution in [0.15, 0.2) is 12.1 Å². The fourth-order valence-electron chi connectivity index (χ4n) is 2.32. The predicted octanol–water partition coefficient (Wildman–Crippen LogP) is 4.03. The minimum atomic E-state index is -0.537. The highest BCUT2D eigenvalue weighted by molar-refractivity contribution is 6.14. The van der Waals surface area contributed by atoms with Crippen LogP contribution in [0.4, 0.5) is 11.5 Å². The van der Waals surface area contributed by atoms with Crippen LogP contribution in [0, 0.1) is 27.9 Å². The van der Waals surface area contributed by atoms with E-state index in [-0.39, 0.29) is 52.7 Å². The molecule has 0 radical (unpaired) electrons. The van der Waals surface area contributed by atoms with Gasteiger partial charge in [-0.2, -0.15) is 0 Å². The Bertz CT molecular complexity index is 657. The largest absolute Gasteiger partial charge is 0.290 e. The van der Waals surface area contributed by atoms with Crippen LogP contribution in [0.2, 0.25) is 0 Å². The lowest BCUT2D eigenvalue weighted by atomic mass is 9.90. The third-order valence-electron chi connectivity index (χ3n) is 3.33. The van der Waals surface area contributed by atoms with E-state index in [1.54, 1.807) is 0 Å². The van der Waals surface area contributed by atoms with E-state index in [2.05, 4.69) is 4.98 Å². The highest BCUT2D eigenvalue weighted by atomic mass is 16.6. The molecule has 7 nitrogen and oxygen atoms in total. The maximum atomic E-state index is 12.7. The molecule has 2 amide bonds. The molecule has 1 aromatic rings. The summed E-state index contributed by atoms with van der Waals surface area (Å²) in [6.45, 7) is 12.9. The van der Waals surface area contributed by atoms with Crippen molar-refractivity contribution in [3.8, 4) is 0 Å². The summed E-state index contributed by atoms with van der Waals surface area (Å²) in [7, 11) is 0. The smallest absolute Gasteiger partial charge is 0.274 e. The van der Waals surface area contributed by atoms with Crippen molar-refractivity contribution in [2.75, 3.05) is 4.90 Å². The minimum Gasteiger partial charge on any atom is -0.274 e. The number of carbonyl (C=O) groups excluding carboxylic acids is 2. The van der Waals surface area contributed by atoms with Crippen molar-refractivity contribution < 1.29 is 14.5 Å². The minimum absolute atomic E-state index is 0.131. The van der Waals surface area contributed by atoms with E-state index >= 15 is 0 Å². The highest BCUT2D eigenvalue weighted by Gasteiger charge is 2.31. The normalized spacial score (nSPS) is 12.0. The third kappa shape index (κ3) is 6.25. The zero-order chi connectivity index (χ0) is 19.6. The summed E-state index contributed by atoms with van der Waals surface area (Å²) < 4.78 is 0. The van der Waals surface area contributed by atoms with Crippen LogP contribution in [-0.2, 0) is 9.59 Å². The van der Waals surface area contributed by atoms with Crippen LogP contribution in [0.1, 0.15) is 60.1 Å².